The molecular formula is C14H23N3O2. The number of nitrogen functional groups attached to an aromatic ring is 1. The Balaban J connectivity index is 2.83. The number of benzene rings is 1. The van der Waals surface area contributed by atoms with E-state index in [1.807, 2.05) is 38.9 Å². The van der Waals surface area contributed by atoms with Crippen LogP contribution in [0.3, 0.4) is 0 Å². The van der Waals surface area contributed by atoms with Crippen LogP contribution < -0.4 is 16.0 Å². The predicted octanol–water partition coefficient (Wildman–Crippen LogP) is 1.49. The summed E-state index contributed by atoms with van der Waals surface area (Å²) in [5, 5.41) is 2.91. The zero-order valence-electron chi connectivity index (χ0n) is 12.1. The molecule has 5 nitrogen and oxygen atoms in total. The molecule has 0 aliphatic heterocycles. The van der Waals surface area contributed by atoms with Gasteiger partial charge in [-0.25, -0.2) is 0 Å². The van der Waals surface area contributed by atoms with Gasteiger partial charge in [-0.05, 0) is 32.0 Å². The van der Waals surface area contributed by atoms with E-state index in [0.29, 0.717) is 24.5 Å². The van der Waals surface area contributed by atoms with Crippen LogP contribution in [0.2, 0.25) is 0 Å². The number of ether oxygens (including phenoxy) is 1. The number of carbonyl (C=O) groups is 1. The van der Waals surface area contributed by atoms with E-state index in [1.54, 1.807) is 12.1 Å². The first-order valence-corrected chi connectivity index (χ1v) is 6.41. The second-order valence-corrected chi connectivity index (χ2v) is 4.70. The standard InChI is InChI=1S/C14H23N3O2/c1-5-19-9-10(2)16-14(18)12-8-11(15)6-7-13(12)17(3)4/h6-8,10H,5,9,15H2,1-4H3,(H,16,18). The van der Waals surface area contributed by atoms with E-state index in [2.05, 4.69) is 5.32 Å². The van der Waals surface area contributed by atoms with Crippen molar-refractivity contribution in [3.05, 3.63) is 23.8 Å². The molecule has 0 spiro atoms. The number of hydrogen-bond acceptors (Lipinski definition) is 4. The summed E-state index contributed by atoms with van der Waals surface area (Å²) >= 11 is 0. The molecule has 0 radical (unpaired) electrons. The summed E-state index contributed by atoms with van der Waals surface area (Å²) in [7, 11) is 3.79. The lowest BCUT2D eigenvalue weighted by Gasteiger charge is -2.19. The van der Waals surface area contributed by atoms with E-state index >= 15 is 0 Å². The Bertz CT molecular complexity index is 433. The van der Waals surface area contributed by atoms with Crippen LogP contribution in [0.15, 0.2) is 18.2 Å². The van der Waals surface area contributed by atoms with E-state index in [9.17, 15) is 4.79 Å². The van der Waals surface area contributed by atoms with E-state index in [1.165, 1.54) is 0 Å². The van der Waals surface area contributed by atoms with Crippen molar-refractivity contribution < 1.29 is 9.53 Å². The maximum absolute atomic E-state index is 12.2. The van der Waals surface area contributed by atoms with Crippen LogP contribution in [0.5, 0.6) is 0 Å². The van der Waals surface area contributed by atoms with Gasteiger partial charge in [-0.3, -0.25) is 4.79 Å². The number of hydrogen-bond donors (Lipinski definition) is 2. The third-order valence-corrected chi connectivity index (χ3v) is 2.70. The van der Waals surface area contributed by atoms with Crippen LogP contribution in [-0.2, 0) is 4.74 Å². The molecule has 1 amide bonds. The molecule has 3 N–H and O–H groups in total. The van der Waals surface area contributed by atoms with Crippen molar-refractivity contribution in [2.75, 3.05) is 37.9 Å². The second-order valence-electron chi connectivity index (χ2n) is 4.70. The third kappa shape index (κ3) is 4.44. The highest BCUT2D eigenvalue weighted by atomic mass is 16.5. The van der Waals surface area contributed by atoms with Gasteiger partial charge in [0.25, 0.3) is 5.91 Å². The number of nitrogens with one attached hydrogen (secondary N) is 1. The highest BCUT2D eigenvalue weighted by Gasteiger charge is 2.15. The molecule has 1 rings (SSSR count). The number of rotatable bonds is 6. The predicted molar refractivity (Wildman–Crippen MR) is 78.6 cm³/mol. The summed E-state index contributed by atoms with van der Waals surface area (Å²) in [6.45, 7) is 4.98. The average molecular weight is 265 g/mol. The Kier molecular flexibility index (Phi) is 5.63. The van der Waals surface area contributed by atoms with E-state index in [-0.39, 0.29) is 11.9 Å². The summed E-state index contributed by atoms with van der Waals surface area (Å²) in [5.41, 5.74) is 7.75. The number of nitrogens with two attached hydrogens (primary N) is 1. The lowest BCUT2D eigenvalue weighted by molar-refractivity contribution is 0.0872. The number of anilines is 2. The van der Waals surface area contributed by atoms with Crippen molar-refractivity contribution in [2.45, 2.75) is 19.9 Å². The molecule has 0 bridgehead atoms. The highest BCUT2D eigenvalue weighted by Crippen LogP contribution is 2.21. The lowest BCUT2D eigenvalue weighted by Crippen LogP contribution is -2.36. The molecule has 0 saturated heterocycles. The molecule has 1 aromatic rings. The van der Waals surface area contributed by atoms with Gasteiger partial charge < -0.3 is 20.7 Å². The van der Waals surface area contributed by atoms with E-state index in [4.69, 9.17) is 10.5 Å². The van der Waals surface area contributed by atoms with E-state index in [0.717, 1.165) is 5.69 Å². The SMILES string of the molecule is CCOCC(C)NC(=O)c1cc(N)ccc1N(C)C. The summed E-state index contributed by atoms with van der Waals surface area (Å²) in [5.74, 6) is -0.136. The van der Waals surface area contributed by atoms with Gasteiger partial charge in [0.2, 0.25) is 0 Å². The fourth-order valence-corrected chi connectivity index (χ4v) is 1.76. The number of carbonyl (C=O) groups excluding carboxylic acids is 1. The van der Waals surface area contributed by atoms with Gasteiger partial charge in [0.15, 0.2) is 0 Å². The van der Waals surface area contributed by atoms with Gasteiger partial charge in [0.1, 0.15) is 0 Å². The quantitative estimate of drug-likeness (QED) is 0.765. The highest BCUT2D eigenvalue weighted by molar-refractivity contribution is 6.00. The van der Waals surface area contributed by atoms with Gasteiger partial charge >= 0.3 is 0 Å². The molecule has 5 heteroatoms. The Hall–Kier alpha value is -1.75. The zero-order chi connectivity index (χ0) is 14.4. The Morgan fingerprint density at radius 3 is 2.74 bits per heavy atom. The maximum Gasteiger partial charge on any atom is 0.253 e. The summed E-state index contributed by atoms with van der Waals surface area (Å²) in [4.78, 5) is 14.1. The van der Waals surface area contributed by atoms with Crippen LogP contribution in [0.4, 0.5) is 11.4 Å². The minimum Gasteiger partial charge on any atom is -0.399 e. The molecule has 0 aliphatic rings. The third-order valence-electron chi connectivity index (χ3n) is 2.70. The molecule has 1 unspecified atom stereocenters. The van der Waals surface area contributed by atoms with E-state index < -0.39 is 0 Å². The van der Waals surface area contributed by atoms with Gasteiger partial charge in [-0.1, -0.05) is 0 Å². The normalized spacial score (nSPS) is 12.0. The smallest absolute Gasteiger partial charge is 0.253 e. The molecule has 106 valence electrons. The second kappa shape index (κ2) is 6.99. The van der Waals surface area contributed by atoms with Gasteiger partial charge in [0, 0.05) is 38.1 Å². The molecule has 0 aliphatic carbocycles. The maximum atomic E-state index is 12.2. The van der Waals surface area contributed by atoms with Crippen LogP contribution in [-0.4, -0.2) is 39.3 Å². The minimum absolute atomic E-state index is 0.0381. The van der Waals surface area contributed by atoms with Crippen LogP contribution in [0.1, 0.15) is 24.2 Å². The van der Waals surface area contributed by atoms with Gasteiger partial charge in [-0.15, -0.1) is 0 Å². The molecule has 0 fully saturated rings. The fourth-order valence-electron chi connectivity index (χ4n) is 1.76. The van der Waals surface area contributed by atoms with Crippen molar-refractivity contribution in [2.24, 2.45) is 0 Å². The van der Waals surface area contributed by atoms with Crippen LogP contribution >= 0.6 is 0 Å². The topological polar surface area (TPSA) is 67.6 Å². The van der Waals surface area contributed by atoms with Crippen molar-refractivity contribution in [1.82, 2.24) is 5.32 Å². The Morgan fingerprint density at radius 2 is 2.16 bits per heavy atom. The van der Waals surface area contributed by atoms with Crippen molar-refractivity contribution in [3.63, 3.8) is 0 Å². The van der Waals surface area contributed by atoms with Crippen LogP contribution in [0, 0.1) is 0 Å². The summed E-state index contributed by atoms with van der Waals surface area (Å²) in [6.07, 6.45) is 0. The number of amides is 1. The first kappa shape index (κ1) is 15.3. The molecule has 1 atom stereocenters. The van der Waals surface area contributed by atoms with Crippen LogP contribution in [0.25, 0.3) is 0 Å². The lowest BCUT2D eigenvalue weighted by atomic mass is 10.1. The van der Waals surface area contributed by atoms with Gasteiger partial charge in [-0.2, -0.15) is 0 Å². The largest absolute Gasteiger partial charge is 0.399 e. The molecule has 0 heterocycles. The van der Waals surface area contributed by atoms with Crippen molar-refractivity contribution in [1.29, 1.82) is 0 Å². The monoisotopic (exact) mass is 265 g/mol. The average Bonchev–Trinajstić information content (AvgIpc) is 2.35. The van der Waals surface area contributed by atoms with Crippen molar-refractivity contribution in [3.8, 4) is 0 Å². The molecule has 0 aromatic heterocycles. The Morgan fingerprint density at radius 1 is 1.47 bits per heavy atom. The van der Waals surface area contributed by atoms with Gasteiger partial charge in [0.05, 0.1) is 12.2 Å². The van der Waals surface area contributed by atoms with Crippen molar-refractivity contribution >= 4 is 17.3 Å². The minimum atomic E-state index is -0.136. The first-order valence-electron chi connectivity index (χ1n) is 6.41. The Labute approximate surface area is 114 Å². The number of nitrogens with zero attached hydrogens (tertiary/aromatic N) is 1. The molecule has 19 heavy (non-hydrogen) atoms. The molecule has 1 aromatic carbocycles. The summed E-state index contributed by atoms with van der Waals surface area (Å²) in [6, 6.07) is 5.29. The zero-order valence-corrected chi connectivity index (χ0v) is 12.1. The fraction of sp³-hybridized carbons (Fsp3) is 0.500. The summed E-state index contributed by atoms with van der Waals surface area (Å²) < 4.78 is 5.28. The molecular weight excluding hydrogens is 242 g/mol. The molecule has 0 saturated carbocycles. The first-order chi connectivity index (χ1) is 8.95.